The first kappa shape index (κ1) is 16.2. The highest BCUT2D eigenvalue weighted by atomic mass is 35.5. The number of hydrogen-bond donors (Lipinski definition) is 0. The standard InChI is InChI=1S/C14H11Cl2N3O3S/c1-2-22-23(20,21)19-11-6-4-3-5-9(11)7-12(19)13-10(15)8-17-14(16)18-13/h3-8H,2H2,1H3. The first-order valence-electron chi connectivity index (χ1n) is 6.63. The van der Waals surface area contributed by atoms with Gasteiger partial charge in [-0.05, 0) is 30.7 Å². The van der Waals surface area contributed by atoms with E-state index in [2.05, 4.69) is 9.97 Å². The predicted octanol–water partition coefficient (Wildman–Crippen LogP) is 3.53. The van der Waals surface area contributed by atoms with E-state index >= 15 is 0 Å². The van der Waals surface area contributed by atoms with E-state index in [9.17, 15) is 8.42 Å². The molecule has 3 aromatic rings. The Balaban J connectivity index is 2.39. The molecule has 120 valence electrons. The normalized spacial score (nSPS) is 12.0. The molecule has 0 aliphatic carbocycles. The molecule has 0 N–H and O–H groups in total. The second kappa shape index (κ2) is 6.09. The van der Waals surface area contributed by atoms with Gasteiger partial charge >= 0.3 is 10.3 Å². The highest BCUT2D eigenvalue weighted by molar-refractivity contribution is 7.85. The molecule has 0 unspecified atom stereocenters. The number of aromatic nitrogens is 3. The Morgan fingerprint density at radius 1 is 1.26 bits per heavy atom. The summed E-state index contributed by atoms with van der Waals surface area (Å²) >= 11 is 11.9. The summed E-state index contributed by atoms with van der Waals surface area (Å²) in [6.45, 7) is 1.60. The maximum atomic E-state index is 12.5. The fraction of sp³-hybridized carbons (Fsp3) is 0.143. The van der Waals surface area contributed by atoms with Gasteiger partial charge in [0.1, 0.15) is 5.69 Å². The smallest absolute Gasteiger partial charge is 0.254 e. The van der Waals surface area contributed by atoms with Gasteiger partial charge in [0.05, 0.1) is 29.0 Å². The van der Waals surface area contributed by atoms with Crippen molar-refractivity contribution in [1.29, 1.82) is 0 Å². The van der Waals surface area contributed by atoms with E-state index in [1.807, 2.05) is 0 Å². The van der Waals surface area contributed by atoms with Gasteiger partial charge in [-0.15, -0.1) is 0 Å². The number of nitrogens with zero attached hydrogens (tertiary/aromatic N) is 3. The summed E-state index contributed by atoms with van der Waals surface area (Å²) in [6.07, 6.45) is 1.32. The minimum atomic E-state index is -4.05. The van der Waals surface area contributed by atoms with Crippen molar-refractivity contribution in [2.24, 2.45) is 0 Å². The molecular weight excluding hydrogens is 361 g/mol. The number of halogens is 2. The third kappa shape index (κ3) is 2.92. The van der Waals surface area contributed by atoms with E-state index in [0.29, 0.717) is 10.9 Å². The molecule has 0 aliphatic rings. The number of benzene rings is 1. The van der Waals surface area contributed by atoms with Crippen molar-refractivity contribution in [1.82, 2.24) is 13.9 Å². The molecule has 0 aliphatic heterocycles. The molecule has 3 rings (SSSR count). The molecule has 2 aromatic heterocycles. The first-order valence-corrected chi connectivity index (χ1v) is 8.75. The Kier molecular flexibility index (Phi) is 4.29. The zero-order valence-electron chi connectivity index (χ0n) is 11.9. The molecule has 9 heteroatoms. The van der Waals surface area contributed by atoms with Crippen LogP contribution >= 0.6 is 23.2 Å². The van der Waals surface area contributed by atoms with Gasteiger partial charge in [0.15, 0.2) is 0 Å². The lowest BCUT2D eigenvalue weighted by atomic mass is 10.2. The largest absolute Gasteiger partial charge is 0.366 e. The molecule has 0 amide bonds. The lowest BCUT2D eigenvalue weighted by molar-refractivity contribution is 0.333. The molecule has 0 radical (unpaired) electrons. The Bertz CT molecular complexity index is 986. The van der Waals surface area contributed by atoms with Gasteiger partial charge in [0.25, 0.3) is 0 Å². The maximum absolute atomic E-state index is 12.5. The van der Waals surface area contributed by atoms with Crippen molar-refractivity contribution in [3.8, 4) is 11.4 Å². The molecule has 0 fully saturated rings. The molecule has 0 bridgehead atoms. The summed E-state index contributed by atoms with van der Waals surface area (Å²) in [5.41, 5.74) is 0.932. The molecule has 6 nitrogen and oxygen atoms in total. The maximum Gasteiger partial charge on any atom is 0.366 e. The number of hydrogen-bond acceptors (Lipinski definition) is 5. The highest BCUT2D eigenvalue weighted by Crippen LogP contribution is 2.33. The summed E-state index contributed by atoms with van der Waals surface area (Å²) in [4.78, 5) is 7.83. The highest BCUT2D eigenvalue weighted by Gasteiger charge is 2.24. The Hall–Kier alpha value is -1.67. The van der Waals surface area contributed by atoms with Crippen molar-refractivity contribution < 1.29 is 12.6 Å². The van der Waals surface area contributed by atoms with E-state index in [0.717, 1.165) is 3.97 Å². The summed E-state index contributed by atoms with van der Waals surface area (Å²) < 4.78 is 31.0. The molecule has 1 aromatic carbocycles. The topological polar surface area (TPSA) is 74.1 Å². The van der Waals surface area contributed by atoms with Crippen LogP contribution in [0, 0.1) is 0 Å². The van der Waals surface area contributed by atoms with Gasteiger partial charge < -0.3 is 0 Å². The fourth-order valence-electron chi connectivity index (χ4n) is 2.26. The van der Waals surface area contributed by atoms with Crippen molar-refractivity contribution in [2.75, 3.05) is 6.61 Å². The second-order valence-corrected chi connectivity index (χ2v) is 6.75. The van der Waals surface area contributed by atoms with Crippen LogP contribution < -0.4 is 0 Å². The van der Waals surface area contributed by atoms with E-state index in [-0.39, 0.29) is 28.3 Å². The van der Waals surface area contributed by atoms with Gasteiger partial charge in [-0.1, -0.05) is 29.8 Å². The predicted molar refractivity (Wildman–Crippen MR) is 88.9 cm³/mol. The molecule has 0 saturated heterocycles. The Labute approximate surface area is 142 Å². The molecular formula is C14H11Cl2N3O3S. The van der Waals surface area contributed by atoms with Crippen LogP contribution in [-0.4, -0.2) is 29.0 Å². The minimum Gasteiger partial charge on any atom is -0.254 e. The van der Waals surface area contributed by atoms with Crippen LogP contribution in [0.1, 0.15) is 6.92 Å². The van der Waals surface area contributed by atoms with Gasteiger partial charge in [-0.2, -0.15) is 8.42 Å². The van der Waals surface area contributed by atoms with Crippen LogP contribution in [0.4, 0.5) is 0 Å². The van der Waals surface area contributed by atoms with Crippen LogP contribution in [0.25, 0.3) is 22.3 Å². The Morgan fingerprint density at radius 2 is 2.00 bits per heavy atom. The average Bonchev–Trinajstić information content (AvgIpc) is 2.89. The van der Waals surface area contributed by atoms with Gasteiger partial charge in [-0.3, -0.25) is 4.18 Å². The summed E-state index contributed by atoms with van der Waals surface area (Å²) in [5.74, 6) is 0. The Morgan fingerprint density at radius 3 is 2.74 bits per heavy atom. The van der Waals surface area contributed by atoms with Crippen LogP contribution in [-0.2, 0) is 14.5 Å². The first-order chi connectivity index (χ1) is 10.9. The average molecular weight is 372 g/mol. The van der Waals surface area contributed by atoms with E-state index in [1.165, 1.54) is 6.20 Å². The third-order valence-corrected chi connectivity index (χ3v) is 4.95. The minimum absolute atomic E-state index is 0.00649. The zero-order chi connectivity index (χ0) is 16.6. The number of rotatable bonds is 4. The zero-order valence-corrected chi connectivity index (χ0v) is 14.2. The van der Waals surface area contributed by atoms with Crippen LogP contribution in [0.2, 0.25) is 10.3 Å². The summed E-state index contributed by atoms with van der Waals surface area (Å²) in [7, 11) is -4.05. The molecule has 0 atom stereocenters. The van der Waals surface area contributed by atoms with Crippen molar-refractivity contribution >= 4 is 44.4 Å². The number of fused-ring (bicyclic) bond motifs is 1. The van der Waals surface area contributed by atoms with Gasteiger partial charge in [-0.25, -0.2) is 13.9 Å². The second-order valence-electron chi connectivity index (χ2n) is 4.55. The van der Waals surface area contributed by atoms with E-state index in [4.69, 9.17) is 27.4 Å². The van der Waals surface area contributed by atoms with Crippen molar-refractivity contribution in [3.05, 3.63) is 46.8 Å². The summed E-state index contributed by atoms with van der Waals surface area (Å²) in [6, 6.07) is 8.66. The van der Waals surface area contributed by atoms with Crippen molar-refractivity contribution in [3.63, 3.8) is 0 Å². The molecule has 2 heterocycles. The quantitative estimate of drug-likeness (QED) is 0.655. The fourth-order valence-corrected chi connectivity index (χ4v) is 3.77. The van der Waals surface area contributed by atoms with E-state index in [1.54, 1.807) is 37.3 Å². The monoisotopic (exact) mass is 371 g/mol. The number of para-hydroxylation sites is 1. The van der Waals surface area contributed by atoms with Crippen LogP contribution in [0.5, 0.6) is 0 Å². The lowest BCUT2D eigenvalue weighted by Crippen LogP contribution is -2.17. The third-order valence-electron chi connectivity index (χ3n) is 3.11. The SMILES string of the molecule is CCOS(=O)(=O)n1c(-c2nc(Cl)ncc2Cl)cc2ccccc21. The molecule has 0 spiro atoms. The van der Waals surface area contributed by atoms with Crippen molar-refractivity contribution in [2.45, 2.75) is 6.92 Å². The summed E-state index contributed by atoms with van der Waals surface area (Å²) in [5, 5.41) is 0.858. The van der Waals surface area contributed by atoms with Gasteiger partial charge in [0.2, 0.25) is 5.28 Å². The lowest BCUT2D eigenvalue weighted by Gasteiger charge is -2.11. The van der Waals surface area contributed by atoms with Crippen LogP contribution in [0.15, 0.2) is 36.5 Å². The molecule has 23 heavy (non-hydrogen) atoms. The molecule has 0 saturated carbocycles. The van der Waals surface area contributed by atoms with Gasteiger partial charge in [0, 0.05) is 5.39 Å². The van der Waals surface area contributed by atoms with Crippen LogP contribution in [0.3, 0.4) is 0 Å². The van der Waals surface area contributed by atoms with E-state index < -0.39 is 10.3 Å².